The van der Waals surface area contributed by atoms with E-state index in [2.05, 4.69) is 9.64 Å². The van der Waals surface area contributed by atoms with E-state index in [4.69, 9.17) is 10.5 Å². The Morgan fingerprint density at radius 3 is 2.43 bits per heavy atom. The normalized spacial score (nSPS) is 18.2. The van der Waals surface area contributed by atoms with E-state index in [1.807, 2.05) is 0 Å². The molecule has 1 amide bonds. The maximum Gasteiger partial charge on any atom is 0.411 e. The fourth-order valence-electron chi connectivity index (χ4n) is 2.39. The smallest absolute Gasteiger partial charge is 0.380 e. The van der Waals surface area contributed by atoms with Gasteiger partial charge in [0.2, 0.25) is 5.91 Å². The lowest BCUT2D eigenvalue weighted by atomic mass is 10.2. The van der Waals surface area contributed by atoms with Crippen molar-refractivity contribution >= 4 is 5.91 Å². The molecule has 0 aliphatic carbocycles. The van der Waals surface area contributed by atoms with Crippen molar-refractivity contribution in [3.8, 4) is 0 Å². The molecule has 0 spiro atoms. The van der Waals surface area contributed by atoms with Crippen molar-refractivity contribution in [2.24, 2.45) is 5.73 Å². The first-order valence-electron chi connectivity index (χ1n) is 7.73. The summed E-state index contributed by atoms with van der Waals surface area (Å²) < 4.78 is 45.4. The number of ether oxygens (including phenoxy) is 2. The van der Waals surface area contributed by atoms with Gasteiger partial charge in [-0.2, -0.15) is 13.2 Å². The quantitative estimate of drug-likeness (QED) is 0.617. The number of carbonyl (C=O) groups is 1. The van der Waals surface area contributed by atoms with Crippen LogP contribution in [0.5, 0.6) is 0 Å². The maximum absolute atomic E-state index is 12.1. The van der Waals surface area contributed by atoms with Gasteiger partial charge < -0.3 is 20.1 Å². The summed E-state index contributed by atoms with van der Waals surface area (Å²) in [6, 6.07) is 0. The van der Waals surface area contributed by atoms with Gasteiger partial charge in [0.15, 0.2) is 0 Å². The predicted molar refractivity (Wildman–Crippen MR) is 79.0 cm³/mol. The highest BCUT2D eigenvalue weighted by atomic mass is 19.4. The zero-order valence-electron chi connectivity index (χ0n) is 13.5. The molecule has 0 radical (unpaired) electrons. The Kier molecular flexibility index (Phi) is 8.82. The first-order chi connectivity index (χ1) is 10.9. The van der Waals surface area contributed by atoms with Crippen LogP contribution in [0.3, 0.4) is 0 Å². The van der Waals surface area contributed by atoms with Crippen molar-refractivity contribution in [1.82, 2.24) is 9.80 Å². The van der Waals surface area contributed by atoms with Gasteiger partial charge in [-0.1, -0.05) is 0 Å². The number of nitrogens with two attached hydrogens (primary N) is 1. The summed E-state index contributed by atoms with van der Waals surface area (Å²) in [7, 11) is 1.53. The fraction of sp³-hybridized carbons (Fsp3) is 0.929. The van der Waals surface area contributed by atoms with Crippen LogP contribution < -0.4 is 5.73 Å². The number of piperazine rings is 1. The van der Waals surface area contributed by atoms with Crippen molar-refractivity contribution < 1.29 is 27.4 Å². The number of alkyl halides is 3. The molecule has 1 atom stereocenters. The Hall–Kier alpha value is -0.900. The van der Waals surface area contributed by atoms with Crippen LogP contribution in [-0.2, 0) is 14.3 Å². The summed E-state index contributed by atoms with van der Waals surface area (Å²) in [4.78, 5) is 16.0. The lowest BCUT2D eigenvalue weighted by molar-refractivity contribution is -0.174. The largest absolute Gasteiger partial charge is 0.411 e. The van der Waals surface area contributed by atoms with Crippen LogP contribution in [0.1, 0.15) is 12.8 Å². The van der Waals surface area contributed by atoms with E-state index in [0.29, 0.717) is 45.7 Å². The van der Waals surface area contributed by atoms with Crippen LogP contribution in [0.2, 0.25) is 0 Å². The standard InChI is InChI=1S/C14H26F3N3O3/c1-22-12(10-18)9-13(21)20-6-4-19(5-7-20)3-2-8-23-11-14(15,16)17/h12H,2-11,18H2,1H3. The molecule has 1 fully saturated rings. The highest BCUT2D eigenvalue weighted by Crippen LogP contribution is 2.14. The van der Waals surface area contributed by atoms with Gasteiger partial charge in [-0.25, -0.2) is 0 Å². The maximum atomic E-state index is 12.1. The number of hydrogen-bond acceptors (Lipinski definition) is 5. The molecule has 0 aromatic rings. The first kappa shape index (κ1) is 20.1. The molecule has 6 nitrogen and oxygen atoms in total. The summed E-state index contributed by atoms with van der Waals surface area (Å²) in [5, 5.41) is 0. The van der Waals surface area contributed by atoms with Gasteiger partial charge in [0.1, 0.15) is 6.61 Å². The number of methoxy groups -OCH3 is 1. The Morgan fingerprint density at radius 2 is 1.91 bits per heavy atom. The van der Waals surface area contributed by atoms with Gasteiger partial charge in [0.05, 0.1) is 12.5 Å². The minimum Gasteiger partial charge on any atom is -0.380 e. The number of nitrogens with zero attached hydrogens (tertiary/aromatic N) is 2. The minimum absolute atomic E-state index is 0.0236. The lowest BCUT2D eigenvalue weighted by Gasteiger charge is -2.35. The fourth-order valence-corrected chi connectivity index (χ4v) is 2.39. The second-order valence-corrected chi connectivity index (χ2v) is 5.54. The number of halogens is 3. The molecule has 0 aromatic carbocycles. The molecule has 1 rings (SSSR count). The molecule has 1 aliphatic rings. The van der Waals surface area contributed by atoms with Gasteiger partial charge in [-0.3, -0.25) is 9.69 Å². The van der Waals surface area contributed by atoms with Crippen molar-refractivity contribution in [3.05, 3.63) is 0 Å². The Labute approximate surface area is 134 Å². The zero-order chi connectivity index (χ0) is 17.3. The zero-order valence-corrected chi connectivity index (χ0v) is 13.5. The number of hydrogen-bond donors (Lipinski definition) is 1. The van der Waals surface area contributed by atoms with Gasteiger partial charge in [-0.15, -0.1) is 0 Å². The van der Waals surface area contributed by atoms with Gasteiger partial charge in [-0.05, 0) is 6.42 Å². The molecule has 0 aromatic heterocycles. The van der Waals surface area contributed by atoms with Gasteiger partial charge in [0, 0.05) is 53.0 Å². The van der Waals surface area contributed by atoms with Crippen molar-refractivity contribution in [2.75, 3.05) is 59.6 Å². The number of amides is 1. The van der Waals surface area contributed by atoms with E-state index in [9.17, 15) is 18.0 Å². The second-order valence-electron chi connectivity index (χ2n) is 5.54. The van der Waals surface area contributed by atoms with Crippen LogP contribution in [0.4, 0.5) is 13.2 Å². The average molecular weight is 341 g/mol. The molecule has 136 valence electrons. The highest BCUT2D eigenvalue weighted by molar-refractivity contribution is 5.76. The molecule has 1 saturated heterocycles. The number of carbonyl (C=O) groups excluding carboxylic acids is 1. The predicted octanol–water partition coefficient (Wildman–Crippen LogP) is 0.463. The van der Waals surface area contributed by atoms with Crippen molar-refractivity contribution in [3.63, 3.8) is 0 Å². The van der Waals surface area contributed by atoms with Gasteiger partial charge >= 0.3 is 6.18 Å². The average Bonchev–Trinajstić information content (AvgIpc) is 2.51. The Bertz CT molecular complexity index is 344. The van der Waals surface area contributed by atoms with E-state index in [1.165, 1.54) is 7.11 Å². The van der Waals surface area contributed by atoms with Gasteiger partial charge in [0.25, 0.3) is 0 Å². The highest BCUT2D eigenvalue weighted by Gasteiger charge is 2.27. The third-order valence-electron chi connectivity index (χ3n) is 3.75. The molecular formula is C14H26F3N3O3. The third kappa shape index (κ3) is 8.50. The molecule has 1 aliphatic heterocycles. The van der Waals surface area contributed by atoms with Crippen LogP contribution in [-0.4, -0.2) is 87.6 Å². The van der Waals surface area contributed by atoms with Crippen LogP contribution in [0.15, 0.2) is 0 Å². The summed E-state index contributed by atoms with van der Waals surface area (Å²) in [5.41, 5.74) is 5.50. The van der Waals surface area contributed by atoms with Crippen molar-refractivity contribution in [2.45, 2.75) is 25.1 Å². The number of rotatable bonds is 9. The summed E-state index contributed by atoms with van der Waals surface area (Å²) >= 11 is 0. The summed E-state index contributed by atoms with van der Waals surface area (Å²) in [6.07, 6.45) is -3.71. The Balaban J connectivity index is 2.14. The Morgan fingerprint density at radius 1 is 1.26 bits per heavy atom. The van der Waals surface area contributed by atoms with Crippen LogP contribution in [0, 0.1) is 0 Å². The SMILES string of the molecule is COC(CN)CC(=O)N1CCN(CCCOCC(F)(F)F)CC1. The topological polar surface area (TPSA) is 68.0 Å². The van der Waals surface area contributed by atoms with Crippen molar-refractivity contribution in [1.29, 1.82) is 0 Å². The lowest BCUT2D eigenvalue weighted by Crippen LogP contribution is -2.49. The molecule has 2 N–H and O–H groups in total. The molecule has 1 unspecified atom stereocenters. The first-order valence-corrected chi connectivity index (χ1v) is 7.73. The minimum atomic E-state index is -4.27. The molecule has 23 heavy (non-hydrogen) atoms. The van der Waals surface area contributed by atoms with E-state index >= 15 is 0 Å². The monoisotopic (exact) mass is 341 g/mol. The molecular weight excluding hydrogens is 315 g/mol. The van der Waals surface area contributed by atoms with Crippen LogP contribution in [0.25, 0.3) is 0 Å². The molecule has 9 heteroatoms. The second kappa shape index (κ2) is 10.1. The van der Waals surface area contributed by atoms with E-state index < -0.39 is 12.8 Å². The summed E-state index contributed by atoms with van der Waals surface area (Å²) in [6.45, 7) is 2.52. The molecule has 0 bridgehead atoms. The summed E-state index contributed by atoms with van der Waals surface area (Å²) in [5.74, 6) is 0.0236. The molecule has 1 heterocycles. The van der Waals surface area contributed by atoms with E-state index in [0.717, 1.165) is 0 Å². The van der Waals surface area contributed by atoms with E-state index in [1.54, 1.807) is 4.90 Å². The third-order valence-corrected chi connectivity index (χ3v) is 3.75. The van der Waals surface area contributed by atoms with E-state index in [-0.39, 0.29) is 25.0 Å². The van der Waals surface area contributed by atoms with Crippen LogP contribution >= 0.6 is 0 Å². The molecule has 0 saturated carbocycles.